The highest BCUT2D eigenvalue weighted by molar-refractivity contribution is 6.05. The molecule has 0 bridgehead atoms. The number of carbonyl (C=O) groups excluding carboxylic acids is 1. The van der Waals surface area contributed by atoms with Crippen molar-refractivity contribution in [3.05, 3.63) is 77.5 Å². The number of aromatic nitrogens is 3. The van der Waals surface area contributed by atoms with Crippen LogP contribution in [0.1, 0.15) is 34.8 Å². The van der Waals surface area contributed by atoms with Crippen LogP contribution in [0, 0.1) is 13.8 Å². The lowest BCUT2D eigenvalue weighted by molar-refractivity contribution is 0.102. The number of aryl methyl sites for hydroxylation is 3. The number of hydrogen-bond donors (Lipinski definition) is 1. The van der Waals surface area contributed by atoms with Crippen LogP contribution in [0.5, 0.6) is 0 Å². The molecular weight excluding hydrogens is 360 g/mol. The normalized spacial score (nSPS) is 11.0. The first kappa shape index (κ1) is 18.9. The largest absolute Gasteiger partial charge is 0.322 e. The van der Waals surface area contributed by atoms with Gasteiger partial charge in [0.15, 0.2) is 5.65 Å². The summed E-state index contributed by atoms with van der Waals surface area (Å²) in [6.45, 7) is 6.99. The van der Waals surface area contributed by atoms with Crippen LogP contribution < -0.4 is 5.32 Å². The van der Waals surface area contributed by atoms with Crippen LogP contribution in [0.2, 0.25) is 0 Å². The number of amides is 1. The van der Waals surface area contributed by atoms with Gasteiger partial charge < -0.3 is 9.88 Å². The molecule has 0 spiro atoms. The first-order chi connectivity index (χ1) is 14.1. The van der Waals surface area contributed by atoms with Crippen molar-refractivity contribution in [3.63, 3.8) is 0 Å². The molecule has 2 aromatic carbocycles. The summed E-state index contributed by atoms with van der Waals surface area (Å²) in [6.07, 6.45) is 2.76. The molecule has 5 nitrogen and oxygen atoms in total. The third kappa shape index (κ3) is 3.76. The zero-order chi connectivity index (χ0) is 20.4. The molecule has 0 aliphatic heterocycles. The van der Waals surface area contributed by atoms with Gasteiger partial charge in [0.1, 0.15) is 11.3 Å². The molecule has 0 saturated heterocycles. The second-order valence-corrected chi connectivity index (χ2v) is 7.29. The van der Waals surface area contributed by atoms with E-state index in [0.29, 0.717) is 5.56 Å². The molecule has 4 rings (SSSR count). The van der Waals surface area contributed by atoms with E-state index in [1.807, 2.05) is 62.4 Å². The molecule has 2 aromatic heterocycles. The van der Waals surface area contributed by atoms with Crippen LogP contribution in [0.4, 0.5) is 5.69 Å². The number of rotatable bonds is 5. The van der Waals surface area contributed by atoms with Crippen LogP contribution in [0.3, 0.4) is 0 Å². The Bertz CT molecular complexity index is 1190. The summed E-state index contributed by atoms with van der Waals surface area (Å²) in [5.74, 6) is 0.705. The van der Waals surface area contributed by atoms with E-state index in [1.165, 1.54) is 5.56 Å². The average Bonchev–Trinajstić information content (AvgIpc) is 3.09. The van der Waals surface area contributed by atoms with E-state index in [0.717, 1.165) is 46.8 Å². The molecule has 0 unspecified atom stereocenters. The second kappa shape index (κ2) is 7.87. The molecule has 146 valence electrons. The molecule has 0 saturated carbocycles. The van der Waals surface area contributed by atoms with E-state index in [-0.39, 0.29) is 5.91 Å². The van der Waals surface area contributed by atoms with E-state index >= 15 is 0 Å². The summed E-state index contributed by atoms with van der Waals surface area (Å²) < 4.78 is 2.12. The highest BCUT2D eigenvalue weighted by Crippen LogP contribution is 2.25. The topological polar surface area (TPSA) is 59.8 Å². The summed E-state index contributed by atoms with van der Waals surface area (Å²) >= 11 is 0. The van der Waals surface area contributed by atoms with E-state index in [2.05, 4.69) is 27.9 Å². The first-order valence-corrected chi connectivity index (χ1v) is 9.87. The van der Waals surface area contributed by atoms with Crippen LogP contribution in [-0.2, 0) is 6.54 Å². The monoisotopic (exact) mass is 384 g/mol. The Morgan fingerprint density at radius 2 is 1.93 bits per heavy atom. The second-order valence-electron chi connectivity index (χ2n) is 7.29. The molecule has 2 heterocycles. The fourth-order valence-electron chi connectivity index (χ4n) is 3.56. The molecule has 0 atom stereocenters. The van der Waals surface area contributed by atoms with Crippen molar-refractivity contribution in [2.75, 3.05) is 5.32 Å². The minimum atomic E-state index is -0.130. The van der Waals surface area contributed by atoms with E-state index in [1.54, 1.807) is 6.20 Å². The molecule has 1 N–H and O–H groups in total. The summed E-state index contributed by atoms with van der Waals surface area (Å²) in [7, 11) is 0. The molecule has 4 aromatic rings. The van der Waals surface area contributed by atoms with Crippen molar-refractivity contribution in [1.29, 1.82) is 0 Å². The SMILES string of the molecule is CCCn1c(-c2cccc(C(=O)Nc3ccc(C)cc3C)c2)nc2cccnc21. The van der Waals surface area contributed by atoms with Crippen molar-refractivity contribution in [3.8, 4) is 11.4 Å². The van der Waals surface area contributed by atoms with Crippen LogP contribution in [0.15, 0.2) is 60.8 Å². The van der Waals surface area contributed by atoms with Gasteiger partial charge in [0.05, 0.1) is 0 Å². The van der Waals surface area contributed by atoms with Crippen molar-refractivity contribution in [2.45, 2.75) is 33.7 Å². The minimum absolute atomic E-state index is 0.130. The van der Waals surface area contributed by atoms with Gasteiger partial charge in [-0.25, -0.2) is 9.97 Å². The number of imidazole rings is 1. The number of pyridine rings is 1. The molecular formula is C24H24N4O. The smallest absolute Gasteiger partial charge is 0.255 e. The maximum absolute atomic E-state index is 12.9. The zero-order valence-corrected chi connectivity index (χ0v) is 16.9. The highest BCUT2D eigenvalue weighted by atomic mass is 16.1. The van der Waals surface area contributed by atoms with Crippen LogP contribution in [-0.4, -0.2) is 20.4 Å². The van der Waals surface area contributed by atoms with E-state index in [9.17, 15) is 4.79 Å². The van der Waals surface area contributed by atoms with Crippen molar-refractivity contribution >= 4 is 22.8 Å². The summed E-state index contributed by atoms with van der Waals surface area (Å²) in [5.41, 5.74) is 6.29. The Morgan fingerprint density at radius 3 is 2.72 bits per heavy atom. The minimum Gasteiger partial charge on any atom is -0.322 e. The van der Waals surface area contributed by atoms with Crippen molar-refractivity contribution in [2.24, 2.45) is 0 Å². The number of nitrogens with zero attached hydrogens (tertiary/aromatic N) is 3. The van der Waals surface area contributed by atoms with Gasteiger partial charge in [-0.3, -0.25) is 4.79 Å². The average molecular weight is 384 g/mol. The number of carbonyl (C=O) groups is 1. The summed E-state index contributed by atoms with van der Waals surface area (Å²) in [5, 5.41) is 3.02. The fraction of sp³-hybridized carbons (Fsp3) is 0.208. The Morgan fingerprint density at radius 1 is 1.07 bits per heavy atom. The van der Waals surface area contributed by atoms with Gasteiger partial charge in [0.25, 0.3) is 5.91 Å². The number of nitrogens with one attached hydrogen (secondary N) is 1. The van der Waals surface area contributed by atoms with Gasteiger partial charge in [-0.2, -0.15) is 0 Å². The molecule has 5 heteroatoms. The lowest BCUT2D eigenvalue weighted by Crippen LogP contribution is -2.13. The Labute approximate surface area is 170 Å². The maximum Gasteiger partial charge on any atom is 0.255 e. The third-order valence-corrected chi connectivity index (χ3v) is 4.96. The van der Waals surface area contributed by atoms with E-state index in [4.69, 9.17) is 4.98 Å². The molecule has 29 heavy (non-hydrogen) atoms. The summed E-state index contributed by atoms with van der Waals surface area (Å²) in [4.78, 5) is 22.1. The van der Waals surface area contributed by atoms with Gasteiger partial charge >= 0.3 is 0 Å². The Hall–Kier alpha value is -3.47. The Balaban J connectivity index is 1.70. The molecule has 0 radical (unpaired) electrons. The lowest BCUT2D eigenvalue weighted by Gasteiger charge is -2.11. The van der Waals surface area contributed by atoms with Crippen LogP contribution in [0.25, 0.3) is 22.6 Å². The molecule has 0 fully saturated rings. The predicted octanol–water partition coefficient (Wildman–Crippen LogP) is 5.38. The quantitative estimate of drug-likeness (QED) is 0.503. The molecule has 0 aliphatic carbocycles. The molecule has 1 amide bonds. The number of fused-ring (bicyclic) bond motifs is 1. The van der Waals surface area contributed by atoms with Gasteiger partial charge in [0, 0.05) is 29.6 Å². The van der Waals surface area contributed by atoms with Gasteiger partial charge in [-0.15, -0.1) is 0 Å². The molecule has 0 aliphatic rings. The van der Waals surface area contributed by atoms with Gasteiger partial charge in [-0.05, 0) is 56.2 Å². The first-order valence-electron chi connectivity index (χ1n) is 9.87. The van der Waals surface area contributed by atoms with E-state index < -0.39 is 0 Å². The predicted molar refractivity (Wildman–Crippen MR) is 117 cm³/mol. The fourth-order valence-corrected chi connectivity index (χ4v) is 3.56. The maximum atomic E-state index is 12.9. The van der Waals surface area contributed by atoms with Crippen LogP contribution >= 0.6 is 0 Å². The standard InChI is InChI=1S/C24H24N4O/c1-4-13-28-22(26-21-9-6-12-25-23(21)28)18-7-5-8-19(15-18)24(29)27-20-11-10-16(2)14-17(20)3/h5-12,14-15H,4,13H2,1-3H3,(H,27,29). The highest BCUT2D eigenvalue weighted by Gasteiger charge is 2.15. The number of anilines is 1. The lowest BCUT2D eigenvalue weighted by atomic mass is 10.1. The van der Waals surface area contributed by atoms with Crippen molar-refractivity contribution in [1.82, 2.24) is 14.5 Å². The van der Waals surface area contributed by atoms with Gasteiger partial charge in [-0.1, -0.05) is 36.8 Å². The van der Waals surface area contributed by atoms with Gasteiger partial charge in [0.2, 0.25) is 0 Å². The number of hydrogen-bond acceptors (Lipinski definition) is 3. The van der Waals surface area contributed by atoms with Crippen molar-refractivity contribution < 1.29 is 4.79 Å². The number of benzene rings is 2. The third-order valence-electron chi connectivity index (χ3n) is 4.96. The zero-order valence-electron chi connectivity index (χ0n) is 16.9. The Kier molecular flexibility index (Phi) is 5.12. The summed E-state index contributed by atoms with van der Waals surface area (Å²) in [6, 6.07) is 17.5.